The molecule has 5 nitrogen and oxygen atoms in total. The second-order valence-electron chi connectivity index (χ2n) is 5.06. The third-order valence-corrected chi connectivity index (χ3v) is 4.21. The average molecular weight is 313 g/mol. The molecular formula is C16H19N5S. The Morgan fingerprint density at radius 2 is 2.18 bits per heavy atom. The summed E-state index contributed by atoms with van der Waals surface area (Å²) in [5.41, 5.74) is 3.18. The van der Waals surface area contributed by atoms with Crippen molar-refractivity contribution in [1.82, 2.24) is 20.0 Å². The van der Waals surface area contributed by atoms with Crippen molar-refractivity contribution in [1.29, 1.82) is 0 Å². The van der Waals surface area contributed by atoms with E-state index >= 15 is 0 Å². The lowest BCUT2D eigenvalue weighted by atomic mass is 10.3. The Balaban J connectivity index is 1.59. The summed E-state index contributed by atoms with van der Waals surface area (Å²) in [5.74, 6) is 0.779. The van der Waals surface area contributed by atoms with Crippen LogP contribution in [-0.4, -0.2) is 22.4 Å². The van der Waals surface area contributed by atoms with Gasteiger partial charge in [-0.05, 0) is 36.1 Å². The maximum Gasteiger partial charge on any atom is 0.191 e. The molecule has 0 aliphatic heterocycles. The van der Waals surface area contributed by atoms with Gasteiger partial charge in [-0.25, -0.2) is 4.98 Å². The highest BCUT2D eigenvalue weighted by Crippen LogP contribution is 2.08. The minimum absolute atomic E-state index is 0.644. The van der Waals surface area contributed by atoms with Gasteiger partial charge >= 0.3 is 0 Å². The largest absolute Gasteiger partial charge is 0.352 e. The lowest BCUT2D eigenvalue weighted by Gasteiger charge is -2.09. The van der Waals surface area contributed by atoms with E-state index in [2.05, 4.69) is 57.2 Å². The summed E-state index contributed by atoms with van der Waals surface area (Å²) < 4.78 is 2.03. The Bertz CT molecular complexity index is 773. The van der Waals surface area contributed by atoms with Crippen LogP contribution < -0.4 is 10.6 Å². The monoisotopic (exact) mass is 313 g/mol. The molecule has 0 bridgehead atoms. The van der Waals surface area contributed by atoms with E-state index in [0.717, 1.165) is 23.8 Å². The molecule has 114 valence electrons. The van der Waals surface area contributed by atoms with Gasteiger partial charge < -0.3 is 15.0 Å². The van der Waals surface area contributed by atoms with Crippen molar-refractivity contribution in [3.8, 4) is 0 Å². The quantitative estimate of drug-likeness (QED) is 0.575. The molecule has 0 amide bonds. The highest BCUT2D eigenvalue weighted by atomic mass is 32.1. The number of aromatic nitrogens is 2. The maximum absolute atomic E-state index is 4.61. The van der Waals surface area contributed by atoms with Gasteiger partial charge in [-0.3, -0.25) is 4.99 Å². The van der Waals surface area contributed by atoms with Crippen LogP contribution in [0.5, 0.6) is 0 Å². The van der Waals surface area contributed by atoms with E-state index in [1.54, 1.807) is 18.4 Å². The SMILES string of the molecule is CN=C(NCc1cn2ccc(C)cc2n1)NCc1cccs1. The van der Waals surface area contributed by atoms with Gasteiger partial charge in [0.25, 0.3) is 0 Å². The van der Waals surface area contributed by atoms with Gasteiger partial charge in [0, 0.05) is 24.3 Å². The van der Waals surface area contributed by atoms with E-state index in [0.29, 0.717) is 6.54 Å². The second kappa shape index (κ2) is 6.62. The summed E-state index contributed by atoms with van der Waals surface area (Å²) in [6, 6.07) is 8.31. The molecule has 3 aromatic rings. The number of thiophene rings is 1. The Hall–Kier alpha value is -2.34. The zero-order valence-corrected chi connectivity index (χ0v) is 13.5. The summed E-state index contributed by atoms with van der Waals surface area (Å²) in [7, 11) is 1.77. The normalized spacial score (nSPS) is 11.8. The van der Waals surface area contributed by atoms with Crippen molar-refractivity contribution in [3.63, 3.8) is 0 Å². The molecule has 0 aliphatic rings. The molecule has 0 spiro atoms. The number of fused-ring (bicyclic) bond motifs is 1. The van der Waals surface area contributed by atoms with Crippen LogP contribution in [0.4, 0.5) is 0 Å². The van der Waals surface area contributed by atoms with E-state index in [1.807, 2.05) is 16.8 Å². The van der Waals surface area contributed by atoms with E-state index in [1.165, 1.54) is 10.4 Å². The first-order chi connectivity index (χ1) is 10.7. The molecule has 0 saturated carbocycles. The number of guanidine groups is 1. The van der Waals surface area contributed by atoms with Crippen LogP contribution in [0.25, 0.3) is 5.65 Å². The number of nitrogens with one attached hydrogen (secondary N) is 2. The third kappa shape index (κ3) is 3.46. The molecule has 3 heterocycles. The summed E-state index contributed by atoms with van der Waals surface area (Å²) in [6.07, 6.45) is 4.07. The van der Waals surface area contributed by atoms with Gasteiger partial charge in [0.05, 0.1) is 18.8 Å². The minimum Gasteiger partial charge on any atom is -0.352 e. The van der Waals surface area contributed by atoms with Crippen molar-refractivity contribution in [2.75, 3.05) is 7.05 Å². The van der Waals surface area contributed by atoms with Crippen LogP contribution in [0.3, 0.4) is 0 Å². The first-order valence-corrected chi connectivity index (χ1v) is 8.04. The number of rotatable bonds is 4. The summed E-state index contributed by atoms with van der Waals surface area (Å²) >= 11 is 1.73. The Kier molecular flexibility index (Phi) is 4.39. The van der Waals surface area contributed by atoms with Gasteiger partial charge in [0.2, 0.25) is 0 Å². The Labute approximate surface area is 133 Å². The van der Waals surface area contributed by atoms with Crippen LogP contribution in [0.15, 0.2) is 47.0 Å². The smallest absolute Gasteiger partial charge is 0.191 e. The molecular weight excluding hydrogens is 294 g/mol. The second-order valence-corrected chi connectivity index (χ2v) is 6.09. The fraction of sp³-hybridized carbons (Fsp3) is 0.250. The highest BCUT2D eigenvalue weighted by molar-refractivity contribution is 7.09. The summed E-state index contributed by atoms with van der Waals surface area (Å²) in [4.78, 5) is 10.1. The maximum atomic E-state index is 4.61. The molecule has 3 aromatic heterocycles. The highest BCUT2D eigenvalue weighted by Gasteiger charge is 2.04. The van der Waals surface area contributed by atoms with Gasteiger partial charge in [0.1, 0.15) is 5.65 Å². The number of aliphatic imine (C=N–C) groups is 1. The fourth-order valence-electron chi connectivity index (χ4n) is 2.20. The van der Waals surface area contributed by atoms with Crippen molar-refractivity contribution in [3.05, 3.63) is 58.2 Å². The molecule has 22 heavy (non-hydrogen) atoms. The van der Waals surface area contributed by atoms with E-state index in [4.69, 9.17) is 0 Å². The molecule has 0 aromatic carbocycles. The molecule has 2 N–H and O–H groups in total. The third-order valence-electron chi connectivity index (χ3n) is 3.34. The summed E-state index contributed by atoms with van der Waals surface area (Å²) in [6.45, 7) is 3.50. The molecule has 0 atom stereocenters. The van der Waals surface area contributed by atoms with E-state index in [-0.39, 0.29) is 0 Å². The molecule has 0 aliphatic carbocycles. The molecule has 0 unspecified atom stereocenters. The fourth-order valence-corrected chi connectivity index (χ4v) is 2.84. The molecule has 3 rings (SSSR count). The molecule has 0 fully saturated rings. The van der Waals surface area contributed by atoms with Crippen molar-refractivity contribution < 1.29 is 0 Å². The van der Waals surface area contributed by atoms with Crippen LogP contribution in [0.1, 0.15) is 16.1 Å². The predicted octanol–water partition coefficient (Wildman–Crippen LogP) is 2.57. The Morgan fingerprint density at radius 3 is 2.95 bits per heavy atom. The number of nitrogens with zero attached hydrogens (tertiary/aromatic N) is 3. The van der Waals surface area contributed by atoms with Gasteiger partial charge in [-0.2, -0.15) is 0 Å². The first kappa shape index (κ1) is 14.6. The van der Waals surface area contributed by atoms with Crippen molar-refractivity contribution in [2.45, 2.75) is 20.0 Å². The number of aryl methyl sites for hydroxylation is 1. The number of hydrogen-bond acceptors (Lipinski definition) is 3. The number of imidazole rings is 1. The lowest BCUT2D eigenvalue weighted by Crippen LogP contribution is -2.36. The molecule has 6 heteroatoms. The average Bonchev–Trinajstić information content (AvgIpc) is 3.16. The van der Waals surface area contributed by atoms with Crippen LogP contribution in [0.2, 0.25) is 0 Å². The van der Waals surface area contributed by atoms with Gasteiger partial charge in [-0.15, -0.1) is 11.3 Å². The van der Waals surface area contributed by atoms with E-state index < -0.39 is 0 Å². The van der Waals surface area contributed by atoms with Crippen LogP contribution in [0, 0.1) is 6.92 Å². The minimum atomic E-state index is 0.644. The number of hydrogen-bond donors (Lipinski definition) is 2. The Morgan fingerprint density at radius 1 is 1.32 bits per heavy atom. The standard InChI is InChI=1S/C16H19N5S/c1-12-5-6-21-11-13(20-15(21)8-12)9-18-16(17-2)19-10-14-4-3-7-22-14/h3-8,11H,9-10H2,1-2H3,(H2,17,18,19). The lowest BCUT2D eigenvalue weighted by molar-refractivity contribution is 0.804. The first-order valence-electron chi connectivity index (χ1n) is 7.16. The molecule has 0 saturated heterocycles. The van der Waals surface area contributed by atoms with Crippen LogP contribution in [-0.2, 0) is 13.1 Å². The van der Waals surface area contributed by atoms with Crippen LogP contribution >= 0.6 is 11.3 Å². The van der Waals surface area contributed by atoms with Crippen molar-refractivity contribution in [2.24, 2.45) is 4.99 Å². The zero-order valence-electron chi connectivity index (χ0n) is 12.7. The molecule has 0 radical (unpaired) electrons. The van der Waals surface area contributed by atoms with Gasteiger partial charge in [0.15, 0.2) is 5.96 Å². The topological polar surface area (TPSA) is 53.7 Å². The van der Waals surface area contributed by atoms with Crippen molar-refractivity contribution >= 4 is 22.9 Å². The van der Waals surface area contributed by atoms with E-state index in [9.17, 15) is 0 Å². The number of pyridine rings is 1. The predicted molar refractivity (Wildman–Crippen MR) is 91.3 cm³/mol. The summed E-state index contributed by atoms with van der Waals surface area (Å²) in [5, 5.41) is 8.67. The van der Waals surface area contributed by atoms with Gasteiger partial charge in [-0.1, -0.05) is 6.07 Å². The zero-order chi connectivity index (χ0) is 15.4.